The molecule has 27 heavy (non-hydrogen) atoms. The van der Waals surface area contributed by atoms with Gasteiger partial charge in [0.15, 0.2) is 11.3 Å². The average Bonchev–Trinajstić information content (AvgIpc) is 3.03. The third kappa shape index (κ3) is 4.08. The van der Waals surface area contributed by atoms with Gasteiger partial charge in [0.2, 0.25) is 0 Å². The highest BCUT2D eigenvalue weighted by Gasteiger charge is 2.23. The summed E-state index contributed by atoms with van der Waals surface area (Å²) in [5.74, 6) is -0.338. The Bertz CT molecular complexity index is 939. The largest absolute Gasteiger partial charge is 0.349 e. The normalized spacial score (nSPS) is 12.5. The van der Waals surface area contributed by atoms with Crippen LogP contribution in [-0.2, 0) is 0 Å². The van der Waals surface area contributed by atoms with Crippen LogP contribution in [0.15, 0.2) is 42.7 Å². The van der Waals surface area contributed by atoms with E-state index in [9.17, 15) is 4.79 Å². The van der Waals surface area contributed by atoms with Crippen LogP contribution in [0.2, 0.25) is 10.0 Å². The lowest BCUT2D eigenvalue weighted by molar-refractivity contribution is 0.0930. The first-order valence-corrected chi connectivity index (χ1v) is 9.57. The highest BCUT2D eigenvalue weighted by molar-refractivity contribution is 6.36. The maximum Gasteiger partial charge on any atom is 0.273 e. The average molecular weight is 406 g/mol. The number of hydrogen-bond acceptors (Lipinski definition) is 4. The fourth-order valence-corrected chi connectivity index (χ4v) is 3.64. The third-order valence-electron chi connectivity index (χ3n) is 4.53. The predicted octanol–water partition coefficient (Wildman–Crippen LogP) is 3.85. The minimum absolute atomic E-state index is 0.0495. The van der Waals surface area contributed by atoms with Crippen molar-refractivity contribution >= 4 is 34.8 Å². The van der Waals surface area contributed by atoms with Gasteiger partial charge < -0.3 is 5.32 Å². The van der Waals surface area contributed by atoms with E-state index in [0.29, 0.717) is 17.2 Å². The Hall–Kier alpha value is -2.15. The number of rotatable bonds is 7. The Balaban J connectivity index is 1.83. The zero-order chi connectivity index (χ0) is 19.4. The minimum atomic E-state index is -0.338. The molecule has 8 heteroatoms. The Morgan fingerprint density at radius 1 is 1.22 bits per heavy atom. The maximum absolute atomic E-state index is 12.7. The molecule has 0 aliphatic rings. The van der Waals surface area contributed by atoms with Gasteiger partial charge in [-0.15, -0.1) is 0 Å². The molecule has 2 aromatic heterocycles. The van der Waals surface area contributed by atoms with Crippen LogP contribution >= 0.6 is 23.2 Å². The quantitative estimate of drug-likeness (QED) is 0.648. The Labute approximate surface area is 168 Å². The van der Waals surface area contributed by atoms with E-state index in [1.165, 1.54) is 4.52 Å². The van der Waals surface area contributed by atoms with Crippen LogP contribution in [-0.4, -0.2) is 45.0 Å². The van der Waals surface area contributed by atoms with Crippen molar-refractivity contribution in [3.05, 3.63) is 64.0 Å². The molecule has 0 radical (unpaired) electrons. The standard InChI is InChI=1S/C19H21Cl2N5O/c1-3-25(4-2)15(13-8-5-6-9-14(13)20)12-23-19(27)17-16(21)18-22-10-7-11-26(18)24-17/h5-11,15H,3-4,12H2,1-2H3,(H,23,27)/t15-/m1/s1. The number of likely N-dealkylation sites (N-methyl/N-ethyl adjacent to an activating group) is 1. The monoisotopic (exact) mass is 405 g/mol. The third-order valence-corrected chi connectivity index (χ3v) is 5.22. The molecule has 1 aromatic carbocycles. The van der Waals surface area contributed by atoms with E-state index in [2.05, 4.69) is 34.1 Å². The second-order valence-electron chi connectivity index (χ2n) is 6.02. The Morgan fingerprint density at radius 2 is 1.96 bits per heavy atom. The molecular weight excluding hydrogens is 385 g/mol. The summed E-state index contributed by atoms with van der Waals surface area (Å²) < 4.78 is 1.49. The van der Waals surface area contributed by atoms with Gasteiger partial charge in [-0.2, -0.15) is 5.10 Å². The number of hydrogen-bond donors (Lipinski definition) is 1. The van der Waals surface area contributed by atoms with Gasteiger partial charge in [-0.25, -0.2) is 9.50 Å². The van der Waals surface area contributed by atoms with Gasteiger partial charge in [-0.05, 0) is 30.8 Å². The second kappa shape index (κ2) is 8.69. The van der Waals surface area contributed by atoms with Gasteiger partial charge in [0.05, 0.1) is 6.04 Å². The van der Waals surface area contributed by atoms with Gasteiger partial charge in [-0.3, -0.25) is 9.69 Å². The van der Waals surface area contributed by atoms with Crippen molar-refractivity contribution in [1.82, 2.24) is 24.8 Å². The molecule has 3 rings (SSSR count). The number of aromatic nitrogens is 3. The van der Waals surface area contributed by atoms with Crippen LogP contribution in [0.4, 0.5) is 0 Å². The number of nitrogens with one attached hydrogen (secondary N) is 1. The fourth-order valence-electron chi connectivity index (χ4n) is 3.12. The fraction of sp³-hybridized carbons (Fsp3) is 0.316. The molecule has 142 valence electrons. The smallest absolute Gasteiger partial charge is 0.273 e. The molecule has 0 aliphatic carbocycles. The van der Waals surface area contributed by atoms with Crippen LogP contribution in [0.1, 0.15) is 35.9 Å². The van der Waals surface area contributed by atoms with Gasteiger partial charge >= 0.3 is 0 Å². The van der Waals surface area contributed by atoms with Gasteiger partial charge in [0, 0.05) is 24.0 Å². The summed E-state index contributed by atoms with van der Waals surface area (Å²) in [6.07, 6.45) is 3.31. The molecule has 0 bridgehead atoms. The van der Waals surface area contributed by atoms with Crippen molar-refractivity contribution in [2.45, 2.75) is 19.9 Å². The van der Waals surface area contributed by atoms with Crippen molar-refractivity contribution in [2.24, 2.45) is 0 Å². The van der Waals surface area contributed by atoms with E-state index in [-0.39, 0.29) is 22.7 Å². The van der Waals surface area contributed by atoms with E-state index < -0.39 is 0 Å². The Kier molecular flexibility index (Phi) is 6.31. The maximum atomic E-state index is 12.7. The summed E-state index contributed by atoms with van der Waals surface area (Å²) in [6, 6.07) is 9.37. The molecule has 0 fully saturated rings. The lowest BCUT2D eigenvalue weighted by Gasteiger charge is -2.30. The number of carbonyl (C=O) groups is 1. The summed E-state index contributed by atoms with van der Waals surface area (Å²) in [4.78, 5) is 19.1. The summed E-state index contributed by atoms with van der Waals surface area (Å²) in [6.45, 7) is 6.23. The summed E-state index contributed by atoms with van der Waals surface area (Å²) >= 11 is 12.7. The minimum Gasteiger partial charge on any atom is -0.349 e. The molecule has 0 spiro atoms. The van der Waals surface area contributed by atoms with Crippen molar-refractivity contribution in [2.75, 3.05) is 19.6 Å². The van der Waals surface area contributed by atoms with E-state index in [1.807, 2.05) is 24.3 Å². The Morgan fingerprint density at radius 3 is 2.63 bits per heavy atom. The van der Waals surface area contributed by atoms with Gasteiger partial charge in [0.1, 0.15) is 5.02 Å². The van der Waals surface area contributed by atoms with Crippen molar-refractivity contribution in [1.29, 1.82) is 0 Å². The van der Waals surface area contributed by atoms with Gasteiger partial charge in [-0.1, -0.05) is 55.2 Å². The van der Waals surface area contributed by atoms with Crippen LogP contribution in [0.5, 0.6) is 0 Å². The number of amides is 1. The topological polar surface area (TPSA) is 62.5 Å². The number of fused-ring (bicyclic) bond motifs is 1. The second-order valence-corrected chi connectivity index (χ2v) is 6.80. The first kappa shape index (κ1) is 19.6. The van der Waals surface area contributed by atoms with Crippen LogP contribution in [0, 0.1) is 0 Å². The van der Waals surface area contributed by atoms with E-state index in [1.54, 1.807) is 18.5 Å². The molecule has 1 atom stereocenters. The van der Waals surface area contributed by atoms with Crippen molar-refractivity contribution in [3.63, 3.8) is 0 Å². The van der Waals surface area contributed by atoms with Crippen molar-refractivity contribution in [3.8, 4) is 0 Å². The number of carbonyl (C=O) groups excluding carboxylic acids is 1. The summed E-state index contributed by atoms with van der Waals surface area (Å²) in [5, 5.41) is 8.10. The molecule has 6 nitrogen and oxygen atoms in total. The number of benzene rings is 1. The molecule has 0 saturated carbocycles. The highest BCUT2D eigenvalue weighted by Crippen LogP contribution is 2.27. The van der Waals surface area contributed by atoms with Crippen LogP contribution in [0.25, 0.3) is 5.65 Å². The zero-order valence-corrected chi connectivity index (χ0v) is 16.7. The molecule has 1 N–H and O–H groups in total. The van der Waals surface area contributed by atoms with Crippen LogP contribution in [0.3, 0.4) is 0 Å². The van der Waals surface area contributed by atoms with Crippen LogP contribution < -0.4 is 5.32 Å². The van der Waals surface area contributed by atoms with Gasteiger partial charge in [0.25, 0.3) is 5.91 Å². The lowest BCUT2D eigenvalue weighted by Crippen LogP contribution is -2.38. The van der Waals surface area contributed by atoms with E-state index in [0.717, 1.165) is 18.7 Å². The molecule has 0 saturated heterocycles. The zero-order valence-electron chi connectivity index (χ0n) is 15.2. The summed E-state index contributed by atoms with van der Waals surface area (Å²) in [7, 11) is 0. The highest BCUT2D eigenvalue weighted by atomic mass is 35.5. The first-order valence-electron chi connectivity index (χ1n) is 8.82. The molecule has 3 aromatic rings. The summed E-state index contributed by atoms with van der Waals surface area (Å²) in [5.41, 5.74) is 1.59. The molecule has 1 amide bonds. The van der Waals surface area contributed by atoms with Crippen molar-refractivity contribution < 1.29 is 4.79 Å². The molecule has 2 heterocycles. The molecule has 0 unspecified atom stereocenters. The van der Waals surface area contributed by atoms with E-state index >= 15 is 0 Å². The predicted molar refractivity (Wildman–Crippen MR) is 107 cm³/mol. The molecule has 0 aliphatic heterocycles. The number of nitrogens with zero attached hydrogens (tertiary/aromatic N) is 4. The van der Waals surface area contributed by atoms with E-state index in [4.69, 9.17) is 23.2 Å². The first-order chi connectivity index (χ1) is 13.1. The SMILES string of the molecule is CCN(CC)[C@H](CNC(=O)c1nn2cccnc2c1Cl)c1ccccc1Cl. The number of halogens is 2. The molecular formula is C19H21Cl2N5O. The lowest BCUT2D eigenvalue weighted by atomic mass is 10.0.